The smallest absolute Gasteiger partial charge is 0.119 e. The van der Waals surface area contributed by atoms with Crippen LogP contribution in [0.15, 0.2) is 36.4 Å². The van der Waals surface area contributed by atoms with E-state index in [-0.39, 0.29) is 23.0 Å². The summed E-state index contributed by atoms with van der Waals surface area (Å²) < 4.78 is 0. The highest BCUT2D eigenvalue weighted by Gasteiger charge is 2.06. The SMILES string of the molecule is Oc1ccc(O)c(CCc2cc(O)ccc2O)c1. The molecule has 4 nitrogen and oxygen atoms in total. The molecule has 4 heteroatoms. The Morgan fingerprint density at radius 1 is 0.611 bits per heavy atom. The van der Waals surface area contributed by atoms with Crippen molar-refractivity contribution in [2.75, 3.05) is 0 Å². The molecule has 2 aromatic carbocycles. The minimum atomic E-state index is 0.0860. The largest absolute Gasteiger partial charge is 0.508 e. The fourth-order valence-electron chi connectivity index (χ4n) is 1.81. The van der Waals surface area contributed by atoms with Crippen LogP contribution in [0.5, 0.6) is 23.0 Å². The van der Waals surface area contributed by atoms with Gasteiger partial charge in [-0.2, -0.15) is 0 Å². The molecule has 0 bridgehead atoms. The Morgan fingerprint density at radius 2 is 1.00 bits per heavy atom. The summed E-state index contributed by atoms with van der Waals surface area (Å²) in [6.45, 7) is 0. The molecule has 0 heterocycles. The summed E-state index contributed by atoms with van der Waals surface area (Å²) in [5.41, 5.74) is 1.19. The number of phenolic OH excluding ortho intramolecular Hbond substituents is 4. The van der Waals surface area contributed by atoms with E-state index in [4.69, 9.17) is 0 Å². The molecular weight excluding hydrogens is 232 g/mol. The van der Waals surface area contributed by atoms with E-state index in [0.717, 1.165) is 0 Å². The Kier molecular flexibility index (Phi) is 3.28. The monoisotopic (exact) mass is 246 g/mol. The molecule has 4 N–H and O–H groups in total. The van der Waals surface area contributed by atoms with Gasteiger partial charge in [-0.05, 0) is 60.4 Å². The van der Waals surface area contributed by atoms with Gasteiger partial charge in [0.05, 0.1) is 0 Å². The first kappa shape index (κ1) is 12.1. The van der Waals surface area contributed by atoms with Gasteiger partial charge in [0, 0.05) is 0 Å². The molecule has 0 unspecified atom stereocenters. The molecule has 0 aliphatic rings. The van der Waals surface area contributed by atoms with Crippen LogP contribution in [-0.2, 0) is 12.8 Å². The molecule has 0 saturated heterocycles. The van der Waals surface area contributed by atoms with Crippen LogP contribution < -0.4 is 0 Å². The molecule has 18 heavy (non-hydrogen) atoms. The van der Waals surface area contributed by atoms with Crippen molar-refractivity contribution in [3.8, 4) is 23.0 Å². The fourth-order valence-corrected chi connectivity index (χ4v) is 1.81. The van der Waals surface area contributed by atoms with Crippen molar-refractivity contribution in [3.05, 3.63) is 47.5 Å². The Morgan fingerprint density at radius 3 is 1.39 bits per heavy atom. The van der Waals surface area contributed by atoms with E-state index in [2.05, 4.69) is 0 Å². The zero-order chi connectivity index (χ0) is 13.1. The number of hydrogen-bond acceptors (Lipinski definition) is 4. The third kappa shape index (κ3) is 2.66. The molecule has 0 atom stereocenters. The average Bonchev–Trinajstić information content (AvgIpc) is 2.34. The zero-order valence-electron chi connectivity index (χ0n) is 9.67. The fraction of sp³-hybridized carbons (Fsp3) is 0.143. The van der Waals surface area contributed by atoms with Crippen LogP contribution >= 0.6 is 0 Å². The molecule has 0 amide bonds. The van der Waals surface area contributed by atoms with E-state index in [0.29, 0.717) is 24.0 Å². The van der Waals surface area contributed by atoms with Gasteiger partial charge < -0.3 is 20.4 Å². The second-order valence-corrected chi connectivity index (χ2v) is 4.13. The molecule has 94 valence electrons. The van der Waals surface area contributed by atoms with Gasteiger partial charge in [0.15, 0.2) is 0 Å². The quantitative estimate of drug-likeness (QED) is 0.626. The standard InChI is InChI=1S/C14H14O4/c15-11-3-5-13(17)9(7-11)1-2-10-8-12(16)4-6-14(10)18/h3-8,15-18H,1-2H2. The summed E-state index contributed by atoms with van der Waals surface area (Å²) in [5, 5.41) is 37.9. The van der Waals surface area contributed by atoms with Gasteiger partial charge in [-0.1, -0.05) is 0 Å². The first-order valence-electron chi connectivity index (χ1n) is 5.58. The van der Waals surface area contributed by atoms with Gasteiger partial charge in [-0.3, -0.25) is 0 Å². The summed E-state index contributed by atoms with van der Waals surface area (Å²) in [5.74, 6) is 0.380. The highest BCUT2D eigenvalue weighted by Crippen LogP contribution is 2.27. The lowest BCUT2D eigenvalue weighted by Gasteiger charge is -2.07. The average molecular weight is 246 g/mol. The molecular formula is C14H14O4. The summed E-state index contributed by atoms with van der Waals surface area (Å²) in [4.78, 5) is 0. The van der Waals surface area contributed by atoms with Crippen LogP contribution in [-0.4, -0.2) is 20.4 Å². The van der Waals surface area contributed by atoms with Crippen molar-refractivity contribution in [3.63, 3.8) is 0 Å². The maximum Gasteiger partial charge on any atom is 0.119 e. The van der Waals surface area contributed by atoms with E-state index in [9.17, 15) is 20.4 Å². The molecule has 0 aliphatic carbocycles. The summed E-state index contributed by atoms with van der Waals surface area (Å²) >= 11 is 0. The summed E-state index contributed by atoms with van der Waals surface area (Å²) in [6.07, 6.45) is 0.911. The molecule has 0 fully saturated rings. The van der Waals surface area contributed by atoms with E-state index in [1.807, 2.05) is 0 Å². The third-order valence-electron chi connectivity index (χ3n) is 2.79. The molecule has 2 aromatic rings. The van der Waals surface area contributed by atoms with Crippen LogP contribution in [0.1, 0.15) is 11.1 Å². The Hall–Kier alpha value is -2.36. The summed E-state index contributed by atoms with van der Waals surface area (Å²) in [7, 11) is 0. The molecule has 0 aliphatic heterocycles. The van der Waals surface area contributed by atoms with Crippen molar-refractivity contribution < 1.29 is 20.4 Å². The van der Waals surface area contributed by atoms with E-state index in [1.54, 1.807) is 0 Å². The first-order chi connectivity index (χ1) is 8.56. The second kappa shape index (κ2) is 4.87. The Labute approximate surface area is 104 Å². The lowest BCUT2D eigenvalue weighted by molar-refractivity contribution is 0.449. The molecule has 0 aromatic heterocycles. The first-order valence-corrected chi connectivity index (χ1v) is 5.58. The number of aromatic hydroxyl groups is 4. The topological polar surface area (TPSA) is 80.9 Å². The normalized spacial score (nSPS) is 10.4. The van der Waals surface area contributed by atoms with Crippen LogP contribution in [0.4, 0.5) is 0 Å². The summed E-state index contributed by atoms with van der Waals surface area (Å²) in [6, 6.07) is 8.62. The van der Waals surface area contributed by atoms with Crippen LogP contribution in [0.3, 0.4) is 0 Å². The van der Waals surface area contributed by atoms with Crippen molar-refractivity contribution in [1.29, 1.82) is 0 Å². The van der Waals surface area contributed by atoms with Crippen molar-refractivity contribution in [2.45, 2.75) is 12.8 Å². The maximum atomic E-state index is 9.61. The van der Waals surface area contributed by atoms with Crippen LogP contribution in [0.25, 0.3) is 0 Å². The zero-order valence-corrected chi connectivity index (χ0v) is 9.67. The lowest BCUT2D eigenvalue weighted by atomic mass is 10.0. The molecule has 2 rings (SSSR count). The van der Waals surface area contributed by atoms with E-state index in [1.165, 1.54) is 36.4 Å². The van der Waals surface area contributed by atoms with Crippen molar-refractivity contribution in [1.82, 2.24) is 0 Å². The molecule has 0 spiro atoms. The molecule has 0 radical (unpaired) electrons. The molecule has 0 saturated carbocycles. The highest BCUT2D eigenvalue weighted by molar-refractivity contribution is 5.42. The number of phenols is 4. The lowest BCUT2D eigenvalue weighted by Crippen LogP contribution is -1.92. The second-order valence-electron chi connectivity index (χ2n) is 4.13. The Bertz CT molecular complexity index is 512. The number of rotatable bonds is 3. The highest BCUT2D eigenvalue weighted by atomic mass is 16.3. The maximum absolute atomic E-state index is 9.61. The van der Waals surface area contributed by atoms with Gasteiger partial charge >= 0.3 is 0 Å². The van der Waals surface area contributed by atoms with Gasteiger partial charge in [0.2, 0.25) is 0 Å². The Balaban J connectivity index is 2.16. The van der Waals surface area contributed by atoms with Crippen LogP contribution in [0.2, 0.25) is 0 Å². The van der Waals surface area contributed by atoms with Gasteiger partial charge in [-0.25, -0.2) is 0 Å². The van der Waals surface area contributed by atoms with Crippen molar-refractivity contribution >= 4 is 0 Å². The van der Waals surface area contributed by atoms with Crippen LogP contribution in [0, 0.1) is 0 Å². The predicted octanol–water partition coefficient (Wildman–Crippen LogP) is 2.29. The minimum absolute atomic E-state index is 0.0860. The minimum Gasteiger partial charge on any atom is -0.508 e. The third-order valence-corrected chi connectivity index (χ3v) is 2.79. The van der Waals surface area contributed by atoms with E-state index >= 15 is 0 Å². The predicted molar refractivity (Wildman–Crippen MR) is 67.0 cm³/mol. The van der Waals surface area contributed by atoms with Gasteiger partial charge in [0.1, 0.15) is 23.0 Å². The number of benzene rings is 2. The van der Waals surface area contributed by atoms with Gasteiger partial charge in [0.25, 0.3) is 0 Å². The number of aryl methyl sites for hydroxylation is 2. The van der Waals surface area contributed by atoms with E-state index < -0.39 is 0 Å². The van der Waals surface area contributed by atoms with Crippen molar-refractivity contribution in [2.24, 2.45) is 0 Å². The number of hydrogen-bond donors (Lipinski definition) is 4. The van der Waals surface area contributed by atoms with Gasteiger partial charge in [-0.15, -0.1) is 0 Å².